The predicted molar refractivity (Wildman–Crippen MR) is 98.7 cm³/mol. The van der Waals surface area contributed by atoms with Crippen molar-refractivity contribution in [2.24, 2.45) is 7.05 Å². The summed E-state index contributed by atoms with van der Waals surface area (Å²) in [5.74, 6) is -0.322. The summed E-state index contributed by atoms with van der Waals surface area (Å²) in [6.45, 7) is 5.00. The van der Waals surface area contributed by atoms with E-state index in [0.29, 0.717) is 5.56 Å². The highest BCUT2D eigenvalue weighted by Gasteiger charge is 2.34. The average Bonchev–Trinajstić information content (AvgIpc) is 2.98. The molecule has 28 heavy (non-hydrogen) atoms. The number of benzene rings is 1. The van der Waals surface area contributed by atoms with Gasteiger partial charge in [0, 0.05) is 25.4 Å². The number of nitrogens with one attached hydrogen (secondary N) is 2. The molecule has 0 aliphatic heterocycles. The monoisotopic (exact) mass is 398 g/mol. The first-order valence-electron chi connectivity index (χ1n) is 8.73. The Kier molecular flexibility index (Phi) is 6.38. The maximum atomic E-state index is 13.5. The summed E-state index contributed by atoms with van der Waals surface area (Å²) in [4.78, 5) is 12.5. The maximum absolute atomic E-state index is 13.5. The number of nitrogens with zero attached hydrogens (tertiary/aromatic N) is 2. The molecule has 0 bridgehead atoms. The Morgan fingerprint density at radius 2 is 1.96 bits per heavy atom. The van der Waals surface area contributed by atoms with E-state index < -0.39 is 29.3 Å². The van der Waals surface area contributed by atoms with Gasteiger partial charge in [-0.15, -0.1) is 0 Å². The number of hydrogen-bond acceptors (Lipinski definition) is 4. The summed E-state index contributed by atoms with van der Waals surface area (Å²) in [5, 5.41) is 9.40. The topological polar surface area (TPSA) is 68.2 Å². The van der Waals surface area contributed by atoms with Gasteiger partial charge >= 0.3 is 6.18 Å². The number of hydrogen-bond donors (Lipinski definition) is 2. The van der Waals surface area contributed by atoms with Crippen LogP contribution in [0.15, 0.2) is 30.6 Å². The van der Waals surface area contributed by atoms with Crippen LogP contribution in [0.5, 0.6) is 5.75 Å². The molecule has 6 nitrogen and oxygen atoms in total. The minimum atomic E-state index is -4.57. The molecule has 9 heteroatoms. The van der Waals surface area contributed by atoms with Gasteiger partial charge in [-0.3, -0.25) is 9.48 Å². The number of alkyl halides is 3. The summed E-state index contributed by atoms with van der Waals surface area (Å²) in [7, 11) is 3.31. The van der Waals surface area contributed by atoms with Gasteiger partial charge in [0.15, 0.2) is 0 Å². The number of halogens is 3. The van der Waals surface area contributed by atoms with E-state index in [1.54, 1.807) is 45.7 Å². The van der Waals surface area contributed by atoms with E-state index in [1.165, 1.54) is 18.3 Å². The predicted octanol–water partition coefficient (Wildman–Crippen LogP) is 3.19. The Hall–Kier alpha value is -2.55. The standard InChI is InChI=1S/C19H25F3N4O2/c1-18(2,3)28-14-7-6-12(15(8-14)19(20,21)22)9-24-17(27)16(23-4)13-10-25-26(5)11-13/h6-8,10-11,16,23H,9H2,1-5H3,(H,24,27). The summed E-state index contributed by atoms with van der Waals surface area (Å²) < 4.78 is 47.5. The van der Waals surface area contributed by atoms with E-state index in [0.717, 1.165) is 6.07 Å². The molecule has 154 valence electrons. The van der Waals surface area contributed by atoms with Crippen LogP contribution in [0.25, 0.3) is 0 Å². The molecular weight excluding hydrogens is 373 g/mol. The number of likely N-dealkylation sites (N-methyl/N-ethyl adjacent to an activating group) is 1. The van der Waals surface area contributed by atoms with Crippen molar-refractivity contribution in [2.45, 2.75) is 45.1 Å². The highest BCUT2D eigenvalue weighted by Crippen LogP contribution is 2.35. The Bertz CT molecular complexity index is 825. The van der Waals surface area contributed by atoms with Crippen molar-refractivity contribution >= 4 is 5.91 Å². The summed E-state index contributed by atoms with van der Waals surface area (Å²) in [6.07, 6.45) is -1.37. The fourth-order valence-electron chi connectivity index (χ4n) is 2.71. The molecular formula is C19H25F3N4O2. The Morgan fingerprint density at radius 1 is 1.29 bits per heavy atom. The van der Waals surface area contributed by atoms with Crippen molar-refractivity contribution in [3.8, 4) is 5.75 Å². The number of amides is 1. The Morgan fingerprint density at radius 3 is 2.46 bits per heavy atom. The van der Waals surface area contributed by atoms with Crippen LogP contribution in [0.4, 0.5) is 13.2 Å². The zero-order valence-electron chi connectivity index (χ0n) is 16.5. The van der Waals surface area contributed by atoms with Crippen molar-refractivity contribution in [3.05, 3.63) is 47.3 Å². The molecule has 0 saturated carbocycles. The lowest BCUT2D eigenvalue weighted by molar-refractivity contribution is -0.138. The van der Waals surface area contributed by atoms with Crippen LogP contribution < -0.4 is 15.4 Å². The normalized spacial score (nSPS) is 13.3. The molecule has 1 atom stereocenters. The number of ether oxygens (including phenoxy) is 1. The van der Waals surface area contributed by atoms with Gasteiger partial charge in [0.05, 0.1) is 11.8 Å². The van der Waals surface area contributed by atoms with Crippen LogP contribution in [0.2, 0.25) is 0 Å². The van der Waals surface area contributed by atoms with Crippen molar-refractivity contribution in [1.29, 1.82) is 0 Å². The van der Waals surface area contributed by atoms with Crippen LogP contribution in [0.3, 0.4) is 0 Å². The van der Waals surface area contributed by atoms with E-state index in [4.69, 9.17) is 4.74 Å². The molecule has 0 saturated heterocycles. The van der Waals surface area contributed by atoms with Gasteiger partial charge in [0.2, 0.25) is 5.91 Å². The zero-order valence-corrected chi connectivity index (χ0v) is 16.5. The fraction of sp³-hybridized carbons (Fsp3) is 0.474. The highest BCUT2D eigenvalue weighted by molar-refractivity contribution is 5.83. The molecule has 0 aliphatic carbocycles. The fourth-order valence-corrected chi connectivity index (χ4v) is 2.71. The van der Waals surface area contributed by atoms with Gasteiger partial charge in [-0.25, -0.2) is 0 Å². The molecule has 0 aliphatic rings. The summed E-state index contributed by atoms with van der Waals surface area (Å²) >= 11 is 0. The van der Waals surface area contributed by atoms with E-state index in [9.17, 15) is 18.0 Å². The molecule has 2 rings (SSSR count). The third kappa shape index (κ3) is 5.72. The van der Waals surface area contributed by atoms with Crippen molar-refractivity contribution in [3.63, 3.8) is 0 Å². The maximum Gasteiger partial charge on any atom is 0.416 e. The lowest BCUT2D eigenvalue weighted by atomic mass is 10.1. The number of aryl methyl sites for hydroxylation is 1. The third-order valence-electron chi connectivity index (χ3n) is 3.87. The first-order chi connectivity index (χ1) is 12.9. The van der Waals surface area contributed by atoms with Gasteiger partial charge in [-0.1, -0.05) is 6.07 Å². The Balaban J connectivity index is 2.19. The average molecular weight is 398 g/mol. The van der Waals surface area contributed by atoms with E-state index in [2.05, 4.69) is 15.7 Å². The Labute approximate surface area is 162 Å². The quantitative estimate of drug-likeness (QED) is 0.784. The van der Waals surface area contributed by atoms with Crippen molar-refractivity contribution < 1.29 is 22.7 Å². The lowest BCUT2D eigenvalue weighted by Crippen LogP contribution is -2.36. The molecule has 1 amide bonds. The first kappa shape index (κ1) is 21.7. The molecule has 1 aromatic heterocycles. The van der Waals surface area contributed by atoms with E-state index in [1.807, 2.05) is 0 Å². The largest absolute Gasteiger partial charge is 0.488 e. The van der Waals surface area contributed by atoms with Gasteiger partial charge in [0.1, 0.15) is 17.4 Å². The van der Waals surface area contributed by atoms with Crippen LogP contribution in [-0.2, 0) is 24.6 Å². The second-order valence-corrected chi connectivity index (χ2v) is 7.42. The zero-order chi connectivity index (χ0) is 21.1. The third-order valence-corrected chi connectivity index (χ3v) is 3.87. The lowest BCUT2D eigenvalue weighted by Gasteiger charge is -2.23. The van der Waals surface area contributed by atoms with Crippen molar-refractivity contribution in [1.82, 2.24) is 20.4 Å². The molecule has 1 heterocycles. The van der Waals surface area contributed by atoms with Crippen LogP contribution in [0.1, 0.15) is 43.5 Å². The summed E-state index contributed by atoms with van der Waals surface area (Å²) in [6, 6.07) is 3.04. The second-order valence-electron chi connectivity index (χ2n) is 7.42. The van der Waals surface area contributed by atoms with Crippen LogP contribution >= 0.6 is 0 Å². The molecule has 2 N–H and O–H groups in total. The molecule has 0 fully saturated rings. The van der Waals surface area contributed by atoms with Gasteiger partial charge in [-0.2, -0.15) is 18.3 Å². The summed E-state index contributed by atoms with van der Waals surface area (Å²) in [5.41, 5.74) is -0.880. The van der Waals surface area contributed by atoms with Gasteiger partial charge in [-0.05, 0) is 45.5 Å². The second kappa shape index (κ2) is 8.22. The first-order valence-corrected chi connectivity index (χ1v) is 8.73. The van der Waals surface area contributed by atoms with Gasteiger partial charge < -0.3 is 15.4 Å². The smallest absolute Gasteiger partial charge is 0.416 e. The molecule has 0 spiro atoms. The molecule has 1 aromatic carbocycles. The van der Waals surface area contributed by atoms with Crippen LogP contribution in [0, 0.1) is 0 Å². The molecule has 2 aromatic rings. The molecule has 0 radical (unpaired) electrons. The van der Waals surface area contributed by atoms with Crippen LogP contribution in [-0.4, -0.2) is 28.3 Å². The number of carbonyl (C=O) groups is 1. The van der Waals surface area contributed by atoms with E-state index >= 15 is 0 Å². The minimum Gasteiger partial charge on any atom is -0.488 e. The molecule has 1 unspecified atom stereocenters. The van der Waals surface area contributed by atoms with Gasteiger partial charge in [0.25, 0.3) is 0 Å². The van der Waals surface area contributed by atoms with Crippen molar-refractivity contribution in [2.75, 3.05) is 7.05 Å². The SMILES string of the molecule is CNC(C(=O)NCc1ccc(OC(C)(C)C)cc1C(F)(F)F)c1cnn(C)c1. The number of carbonyl (C=O) groups excluding carboxylic acids is 1. The highest BCUT2D eigenvalue weighted by atomic mass is 19.4. The minimum absolute atomic E-state index is 0.0388. The number of aromatic nitrogens is 2. The van der Waals surface area contributed by atoms with E-state index in [-0.39, 0.29) is 17.9 Å². The number of rotatable bonds is 6.